The highest BCUT2D eigenvalue weighted by Crippen LogP contribution is 2.54. The quantitative estimate of drug-likeness (QED) is 0.172. The van der Waals surface area contributed by atoms with Crippen LogP contribution in [-0.4, -0.2) is 15.0 Å². The van der Waals surface area contributed by atoms with Gasteiger partial charge in [0.2, 0.25) is 5.95 Å². The number of fused-ring (bicyclic) bond motifs is 11. The Balaban J connectivity index is 1.20. The van der Waals surface area contributed by atoms with Crippen molar-refractivity contribution in [2.24, 2.45) is 0 Å². The van der Waals surface area contributed by atoms with Crippen LogP contribution in [0.25, 0.3) is 75.3 Å². The van der Waals surface area contributed by atoms with Crippen molar-refractivity contribution < 1.29 is 0 Å². The molecule has 0 atom stereocenters. The Morgan fingerprint density at radius 2 is 0.906 bits per heavy atom. The van der Waals surface area contributed by atoms with Gasteiger partial charge in [0.05, 0.1) is 11.4 Å². The van der Waals surface area contributed by atoms with E-state index in [4.69, 9.17) is 15.0 Å². The van der Waals surface area contributed by atoms with Gasteiger partial charge in [-0.25, -0.2) is 4.98 Å². The minimum atomic E-state index is -0.276. The lowest BCUT2D eigenvalue weighted by molar-refractivity contribution is 0.631. The van der Waals surface area contributed by atoms with E-state index in [-0.39, 0.29) is 5.41 Å². The molecule has 0 radical (unpaired) electrons. The van der Waals surface area contributed by atoms with Gasteiger partial charge < -0.3 is 0 Å². The van der Waals surface area contributed by atoms with Crippen molar-refractivity contribution in [2.45, 2.75) is 19.3 Å². The zero-order valence-electron chi connectivity index (χ0n) is 29.2. The number of hydrogen-bond acceptors (Lipinski definition) is 5. The fourth-order valence-electron chi connectivity index (χ4n) is 8.48. The molecule has 2 aromatic heterocycles. The Morgan fingerprint density at radius 3 is 1.53 bits per heavy atom. The number of benzene rings is 8. The third-order valence-corrected chi connectivity index (χ3v) is 12.2. The summed E-state index contributed by atoms with van der Waals surface area (Å²) in [6.07, 6.45) is 0. The standard InChI is InChI=1S/C48H32N4S/c1-48(2)39-23-13-14-24-41(39)52(47-50-45(29-15-5-3-6-16-29)49-46(51-47)30-17-7-4-8-18-30)42-28-44-38(26-40(42)48)37-25-35-33-21-11-9-19-31(33)32-20-10-12-22-34(32)36(35)27-43(37)53-44/h3-28H,1-2H3. The number of nitrogens with zero attached hydrogens (tertiary/aromatic N) is 4. The van der Waals surface area contributed by atoms with E-state index >= 15 is 0 Å². The van der Waals surface area contributed by atoms with Crippen LogP contribution in [0.15, 0.2) is 158 Å². The molecule has 0 saturated carbocycles. The molecular weight excluding hydrogens is 665 g/mol. The molecule has 0 aliphatic carbocycles. The van der Waals surface area contributed by atoms with Crippen LogP contribution in [0.3, 0.4) is 0 Å². The van der Waals surface area contributed by atoms with Gasteiger partial charge in [-0.3, -0.25) is 4.90 Å². The van der Waals surface area contributed by atoms with E-state index in [2.05, 4.69) is 140 Å². The maximum absolute atomic E-state index is 5.22. The molecule has 8 aromatic carbocycles. The smallest absolute Gasteiger partial charge is 0.238 e. The molecule has 1 aliphatic rings. The largest absolute Gasteiger partial charge is 0.278 e. The van der Waals surface area contributed by atoms with E-state index < -0.39 is 0 Å². The molecule has 53 heavy (non-hydrogen) atoms. The molecule has 250 valence electrons. The fraction of sp³-hybridized carbons (Fsp3) is 0.0625. The number of hydrogen-bond donors (Lipinski definition) is 0. The Kier molecular flexibility index (Phi) is 6.43. The fourth-order valence-corrected chi connectivity index (χ4v) is 9.62. The highest BCUT2D eigenvalue weighted by Gasteiger charge is 2.38. The summed E-state index contributed by atoms with van der Waals surface area (Å²) in [5.74, 6) is 1.89. The first-order valence-corrected chi connectivity index (χ1v) is 18.9. The third kappa shape index (κ3) is 4.51. The van der Waals surface area contributed by atoms with Crippen LogP contribution in [0.5, 0.6) is 0 Å². The van der Waals surface area contributed by atoms with Crippen molar-refractivity contribution in [2.75, 3.05) is 4.90 Å². The SMILES string of the molecule is CC1(C)c2ccccc2N(c2nc(-c3ccccc3)nc(-c3ccccc3)n2)c2cc3sc4cc5c6ccccc6c6ccccc6c5cc4c3cc21. The number of para-hydroxylation sites is 1. The van der Waals surface area contributed by atoms with Crippen LogP contribution >= 0.6 is 11.3 Å². The first-order valence-electron chi connectivity index (χ1n) is 18.0. The summed E-state index contributed by atoms with van der Waals surface area (Å²) < 4.78 is 2.53. The topological polar surface area (TPSA) is 41.9 Å². The molecule has 0 spiro atoms. The van der Waals surface area contributed by atoms with E-state index in [1.54, 1.807) is 0 Å². The van der Waals surface area contributed by atoms with E-state index in [0.717, 1.165) is 22.5 Å². The van der Waals surface area contributed by atoms with Gasteiger partial charge in [0.25, 0.3) is 0 Å². The van der Waals surface area contributed by atoms with Crippen molar-refractivity contribution in [3.05, 3.63) is 169 Å². The molecule has 3 heterocycles. The summed E-state index contributed by atoms with van der Waals surface area (Å²) >= 11 is 1.86. The molecule has 4 nitrogen and oxygen atoms in total. The van der Waals surface area contributed by atoms with Crippen molar-refractivity contribution in [1.29, 1.82) is 0 Å². The predicted molar refractivity (Wildman–Crippen MR) is 223 cm³/mol. The second kappa shape index (κ2) is 11.3. The summed E-state index contributed by atoms with van der Waals surface area (Å²) in [4.78, 5) is 17.7. The monoisotopic (exact) mass is 696 g/mol. The summed E-state index contributed by atoms with van der Waals surface area (Å²) in [5.41, 5.74) is 6.28. The van der Waals surface area contributed by atoms with Gasteiger partial charge in [-0.2, -0.15) is 9.97 Å². The lowest BCUT2D eigenvalue weighted by atomic mass is 9.73. The predicted octanol–water partition coefficient (Wildman–Crippen LogP) is 13.1. The minimum absolute atomic E-state index is 0.276. The van der Waals surface area contributed by atoms with Gasteiger partial charge in [-0.1, -0.05) is 141 Å². The van der Waals surface area contributed by atoms with Gasteiger partial charge in [0, 0.05) is 36.7 Å². The second-order valence-corrected chi connectivity index (χ2v) is 15.5. The van der Waals surface area contributed by atoms with Gasteiger partial charge in [0.15, 0.2) is 11.6 Å². The first-order chi connectivity index (χ1) is 26.0. The number of anilines is 3. The van der Waals surface area contributed by atoms with Gasteiger partial charge in [-0.05, 0) is 73.8 Å². The summed E-state index contributed by atoms with van der Waals surface area (Å²) in [5, 5.41) is 10.3. The Bertz CT molecular complexity index is 3040. The van der Waals surface area contributed by atoms with E-state index in [1.807, 2.05) is 47.7 Å². The molecule has 0 fully saturated rings. The van der Waals surface area contributed by atoms with Crippen LogP contribution in [0.4, 0.5) is 17.3 Å². The van der Waals surface area contributed by atoms with Gasteiger partial charge >= 0.3 is 0 Å². The Labute approximate surface area is 310 Å². The van der Waals surface area contributed by atoms with Crippen molar-refractivity contribution >= 4 is 81.1 Å². The van der Waals surface area contributed by atoms with Crippen LogP contribution < -0.4 is 4.90 Å². The molecule has 0 bridgehead atoms. The average Bonchev–Trinajstić information content (AvgIpc) is 3.57. The van der Waals surface area contributed by atoms with Crippen LogP contribution in [0.2, 0.25) is 0 Å². The molecule has 0 unspecified atom stereocenters. The molecular formula is C48H32N4S. The average molecular weight is 697 g/mol. The van der Waals surface area contributed by atoms with E-state index in [0.29, 0.717) is 17.6 Å². The number of rotatable bonds is 3. The van der Waals surface area contributed by atoms with Crippen LogP contribution in [-0.2, 0) is 5.41 Å². The molecule has 5 heteroatoms. The third-order valence-electron chi connectivity index (χ3n) is 11.1. The molecule has 1 aliphatic heterocycles. The van der Waals surface area contributed by atoms with Crippen molar-refractivity contribution in [3.63, 3.8) is 0 Å². The molecule has 0 N–H and O–H groups in total. The Morgan fingerprint density at radius 1 is 0.415 bits per heavy atom. The summed E-state index contributed by atoms with van der Waals surface area (Å²) in [6.45, 7) is 4.69. The summed E-state index contributed by atoms with van der Waals surface area (Å²) in [6, 6.07) is 56.4. The Hall–Kier alpha value is -6.43. The summed E-state index contributed by atoms with van der Waals surface area (Å²) in [7, 11) is 0. The van der Waals surface area contributed by atoms with Crippen molar-refractivity contribution in [1.82, 2.24) is 15.0 Å². The second-order valence-electron chi connectivity index (χ2n) is 14.4. The highest BCUT2D eigenvalue weighted by molar-refractivity contribution is 7.26. The lowest BCUT2D eigenvalue weighted by Crippen LogP contribution is -2.31. The van der Waals surface area contributed by atoms with Crippen molar-refractivity contribution in [3.8, 4) is 22.8 Å². The van der Waals surface area contributed by atoms with E-state index in [1.165, 1.54) is 63.6 Å². The molecule has 10 aromatic rings. The minimum Gasteiger partial charge on any atom is -0.278 e. The zero-order valence-corrected chi connectivity index (χ0v) is 30.0. The van der Waals surface area contributed by atoms with E-state index in [9.17, 15) is 0 Å². The maximum Gasteiger partial charge on any atom is 0.238 e. The zero-order chi connectivity index (χ0) is 35.3. The van der Waals surface area contributed by atoms with Gasteiger partial charge in [0.1, 0.15) is 0 Å². The van der Waals surface area contributed by atoms with Crippen LogP contribution in [0.1, 0.15) is 25.0 Å². The molecule has 0 saturated heterocycles. The highest BCUT2D eigenvalue weighted by atomic mass is 32.1. The maximum atomic E-state index is 5.22. The normalized spacial score (nSPS) is 13.6. The molecule has 0 amide bonds. The number of thiophene rings is 1. The number of aromatic nitrogens is 3. The van der Waals surface area contributed by atoms with Gasteiger partial charge in [-0.15, -0.1) is 11.3 Å². The first kappa shape index (κ1) is 30.2. The van der Waals surface area contributed by atoms with Crippen LogP contribution in [0, 0.1) is 0 Å². The molecule has 11 rings (SSSR count). The lowest BCUT2D eigenvalue weighted by Gasteiger charge is -2.41.